The first-order valence-corrected chi connectivity index (χ1v) is 11.6. The van der Waals surface area contributed by atoms with Gasteiger partial charge in [0.25, 0.3) is 0 Å². The third-order valence-electron chi connectivity index (χ3n) is 5.93. The second-order valence-corrected chi connectivity index (χ2v) is 8.34. The Balaban J connectivity index is 1.49. The highest BCUT2D eigenvalue weighted by atomic mass is 16.5. The average Bonchev–Trinajstić information content (AvgIpc) is 3.29. The van der Waals surface area contributed by atoms with Crippen LogP contribution < -0.4 is 0 Å². The van der Waals surface area contributed by atoms with E-state index in [1.165, 1.54) is 7.11 Å². The van der Waals surface area contributed by atoms with Crippen molar-refractivity contribution < 1.29 is 23.9 Å². The molecule has 4 rings (SSSR count). The molecular formula is C29H29NO5. The Morgan fingerprint density at radius 2 is 1.66 bits per heavy atom. The Morgan fingerprint density at radius 3 is 2.40 bits per heavy atom. The fourth-order valence-corrected chi connectivity index (χ4v) is 4.08. The Morgan fingerprint density at radius 1 is 0.971 bits per heavy atom. The first-order chi connectivity index (χ1) is 17.1. The largest absolute Gasteiger partial charge is 0.469 e. The molecule has 1 unspecified atom stereocenters. The molecule has 1 aromatic heterocycles. The van der Waals surface area contributed by atoms with Crippen LogP contribution in [-0.2, 0) is 27.3 Å². The van der Waals surface area contributed by atoms with Crippen molar-refractivity contribution in [2.45, 2.75) is 32.5 Å². The van der Waals surface area contributed by atoms with Crippen LogP contribution in [0.1, 0.15) is 34.9 Å². The highest BCUT2D eigenvalue weighted by molar-refractivity contribution is 5.73. The number of aliphatic hydroxyl groups excluding tert-OH is 1. The molecule has 0 saturated heterocycles. The maximum atomic E-state index is 11.6. The third-order valence-corrected chi connectivity index (χ3v) is 5.93. The normalized spacial score (nSPS) is 11.9. The van der Waals surface area contributed by atoms with Gasteiger partial charge in [-0.3, -0.25) is 4.79 Å². The van der Waals surface area contributed by atoms with Crippen LogP contribution >= 0.6 is 0 Å². The number of carbonyl (C=O) groups is 1. The number of ether oxygens (including phenoxy) is 2. The van der Waals surface area contributed by atoms with Crippen molar-refractivity contribution >= 4 is 5.97 Å². The molecule has 0 amide bonds. The van der Waals surface area contributed by atoms with Crippen LogP contribution in [0.3, 0.4) is 0 Å². The van der Waals surface area contributed by atoms with Crippen molar-refractivity contribution in [3.05, 3.63) is 101 Å². The Bertz CT molecular complexity index is 1250. The van der Waals surface area contributed by atoms with E-state index in [1.54, 1.807) is 0 Å². The summed E-state index contributed by atoms with van der Waals surface area (Å²) in [6.45, 7) is 2.37. The van der Waals surface area contributed by atoms with E-state index in [9.17, 15) is 9.90 Å². The topological polar surface area (TPSA) is 81.8 Å². The maximum Gasteiger partial charge on any atom is 0.305 e. The number of rotatable bonds is 10. The highest BCUT2D eigenvalue weighted by Crippen LogP contribution is 2.33. The van der Waals surface area contributed by atoms with E-state index in [4.69, 9.17) is 14.0 Å². The lowest BCUT2D eigenvalue weighted by molar-refractivity contribution is -0.140. The molecule has 4 aromatic rings. The molecule has 0 saturated carbocycles. The Labute approximate surface area is 205 Å². The predicted molar refractivity (Wildman–Crippen MR) is 134 cm³/mol. The zero-order valence-corrected chi connectivity index (χ0v) is 19.9. The lowest BCUT2D eigenvalue weighted by Gasteiger charge is -2.13. The maximum absolute atomic E-state index is 11.6. The highest BCUT2D eigenvalue weighted by Gasteiger charge is 2.22. The molecule has 3 aromatic carbocycles. The second kappa shape index (κ2) is 11.6. The van der Waals surface area contributed by atoms with Crippen molar-refractivity contribution in [3.8, 4) is 22.5 Å². The van der Waals surface area contributed by atoms with Gasteiger partial charge in [0.1, 0.15) is 6.10 Å². The van der Waals surface area contributed by atoms with E-state index in [2.05, 4.69) is 5.16 Å². The van der Waals surface area contributed by atoms with Gasteiger partial charge in [0, 0.05) is 12.0 Å². The van der Waals surface area contributed by atoms with Crippen LogP contribution in [0.25, 0.3) is 22.5 Å². The number of aliphatic hydroxyl groups is 1. The predicted octanol–water partition coefficient (Wildman–Crippen LogP) is 5.67. The van der Waals surface area contributed by atoms with Crippen LogP contribution in [0.5, 0.6) is 0 Å². The standard InChI is InChI=1S/C29H29NO5/c1-20-28(26(31)19-34-18-21-8-4-3-5-9-21)29(35-30-20)24-14-12-23(13-15-24)25-11-7-6-10-22(25)16-17-27(32)33-2/h3-15,26,31H,16-19H2,1-2H3. The van der Waals surface area contributed by atoms with Crippen LogP contribution in [0, 0.1) is 6.92 Å². The summed E-state index contributed by atoms with van der Waals surface area (Å²) in [6, 6.07) is 25.8. The molecule has 0 radical (unpaired) electrons. The summed E-state index contributed by atoms with van der Waals surface area (Å²) in [5.74, 6) is 0.304. The minimum absolute atomic E-state index is 0.135. The number of aryl methyl sites for hydroxylation is 2. The van der Waals surface area contributed by atoms with Crippen molar-refractivity contribution in [1.29, 1.82) is 0 Å². The van der Waals surface area contributed by atoms with Crippen LogP contribution in [0.4, 0.5) is 0 Å². The smallest absolute Gasteiger partial charge is 0.305 e. The van der Waals surface area contributed by atoms with E-state index < -0.39 is 6.10 Å². The van der Waals surface area contributed by atoms with E-state index in [-0.39, 0.29) is 12.6 Å². The molecule has 0 spiro atoms. The van der Waals surface area contributed by atoms with Gasteiger partial charge in [0.15, 0.2) is 5.76 Å². The molecule has 180 valence electrons. The quantitative estimate of drug-likeness (QED) is 0.300. The van der Waals surface area contributed by atoms with E-state index in [0.717, 1.165) is 27.8 Å². The summed E-state index contributed by atoms with van der Waals surface area (Å²) in [7, 11) is 1.40. The molecule has 0 fully saturated rings. The van der Waals surface area contributed by atoms with Crippen molar-refractivity contribution in [1.82, 2.24) is 5.16 Å². The Kier molecular flexibility index (Phi) is 8.08. The summed E-state index contributed by atoms with van der Waals surface area (Å²) in [6.07, 6.45) is 0.0700. The minimum Gasteiger partial charge on any atom is -0.469 e. The molecule has 6 nitrogen and oxygen atoms in total. The number of carbonyl (C=O) groups excluding carboxylic acids is 1. The summed E-state index contributed by atoms with van der Waals surface area (Å²) < 4.78 is 16.1. The van der Waals surface area contributed by atoms with E-state index in [0.29, 0.717) is 36.5 Å². The summed E-state index contributed by atoms with van der Waals surface area (Å²) >= 11 is 0. The third kappa shape index (κ3) is 6.04. The van der Waals surface area contributed by atoms with Gasteiger partial charge in [-0.05, 0) is 35.6 Å². The zero-order chi connectivity index (χ0) is 24.6. The lowest BCUT2D eigenvalue weighted by atomic mass is 9.95. The van der Waals surface area contributed by atoms with Gasteiger partial charge < -0.3 is 19.1 Å². The lowest BCUT2D eigenvalue weighted by Crippen LogP contribution is -2.09. The second-order valence-electron chi connectivity index (χ2n) is 8.34. The number of methoxy groups -OCH3 is 1. The monoisotopic (exact) mass is 471 g/mol. The molecule has 1 N–H and O–H groups in total. The SMILES string of the molecule is COC(=O)CCc1ccccc1-c1ccc(-c2onc(C)c2C(O)COCc2ccccc2)cc1. The van der Waals surface area contributed by atoms with Crippen LogP contribution in [-0.4, -0.2) is 29.9 Å². The van der Waals surface area contributed by atoms with Gasteiger partial charge in [0.05, 0.1) is 31.6 Å². The van der Waals surface area contributed by atoms with Gasteiger partial charge >= 0.3 is 5.97 Å². The van der Waals surface area contributed by atoms with Crippen molar-refractivity contribution in [2.75, 3.05) is 13.7 Å². The van der Waals surface area contributed by atoms with E-state index >= 15 is 0 Å². The van der Waals surface area contributed by atoms with E-state index in [1.807, 2.05) is 85.8 Å². The number of nitrogens with zero attached hydrogens (tertiary/aromatic N) is 1. The number of aromatic nitrogens is 1. The van der Waals surface area contributed by atoms with Gasteiger partial charge in [-0.15, -0.1) is 0 Å². The summed E-state index contributed by atoms with van der Waals surface area (Å²) in [5, 5.41) is 14.9. The Hall–Kier alpha value is -3.74. The fraction of sp³-hybridized carbons (Fsp3) is 0.241. The molecule has 1 heterocycles. The molecule has 35 heavy (non-hydrogen) atoms. The number of hydrogen-bond donors (Lipinski definition) is 1. The van der Waals surface area contributed by atoms with Crippen LogP contribution in [0.15, 0.2) is 83.4 Å². The number of esters is 1. The number of benzene rings is 3. The van der Waals surface area contributed by atoms with Gasteiger partial charge in [0.2, 0.25) is 0 Å². The fourth-order valence-electron chi connectivity index (χ4n) is 4.08. The first kappa shape index (κ1) is 24.4. The molecule has 0 aliphatic rings. The van der Waals surface area contributed by atoms with Gasteiger partial charge in [-0.2, -0.15) is 0 Å². The molecular weight excluding hydrogens is 442 g/mol. The average molecular weight is 472 g/mol. The van der Waals surface area contributed by atoms with Gasteiger partial charge in [-0.25, -0.2) is 0 Å². The van der Waals surface area contributed by atoms with Crippen molar-refractivity contribution in [3.63, 3.8) is 0 Å². The molecule has 0 aliphatic heterocycles. The van der Waals surface area contributed by atoms with Crippen molar-refractivity contribution in [2.24, 2.45) is 0 Å². The molecule has 0 bridgehead atoms. The van der Waals surface area contributed by atoms with Crippen LogP contribution in [0.2, 0.25) is 0 Å². The molecule has 6 heteroatoms. The molecule has 0 aliphatic carbocycles. The summed E-state index contributed by atoms with van der Waals surface area (Å²) in [4.78, 5) is 11.6. The first-order valence-electron chi connectivity index (χ1n) is 11.6. The summed E-state index contributed by atoms with van der Waals surface area (Å²) in [5.41, 5.74) is 6.29. The minimum atomic E-state index is -0.862. The zero-order valence-electron chi connectivity index (χ0n) is 19.9. The number of hydrogen-bond acceptors (Lipinski definition) is 6. The van der Waals surface area contributed by atoms with Gasteiger partial charge in [-0.1, -0.05) is 84.0 Å². The molecule has 1 atom stereocenters.